The Bertz CT molecular complexity index is 970. The zero-order valence-electron chi connectivity index (χ0n) is 13.6. The first kappa shape index (κ1) is 17.7. The molecule has 0 amide bonds. The molecule has 1 aromatic heterocycles. The van der Waals surface area contributed by atoms with E-state index in [1.165, 1.54) is 35.6 Å². The molecule has 1 heterocycles. The van der Waals surface area contributed by atoms with Crippen molar-refractivity contribution in [1.82, 2.24) is 4.98 Å². The monoisotopic (exact) mass is 372 g/mol. The number of aryl methyl sites for hydroxylation is 1. The van der Waals surface area contributed by atoms with E-state index >= 15 is 0 Å². The van der Waals surface area contributed by atoms with E-state index in [4.69, 9.17) is 4.74 Å². The van der Waals surface area contributed by atoms with Gasteiger partial charge in [0, 0.05) is 17.0 Å². The lowest BCUT2D eigenvalue weighted by molar-refractivity contribution is -0.385. The van der Waals surface area contributed by atoms with E-state index in [1.807, 2.05) is 0 Å². The van der Waals surface area contributed by atoms with Gasteiger partial charge in [-0.05, 0) is 36.8 Å². The van der Waals surface area contributed by atoms with Crippen molar-refractivity contribution >= 4 is 23.0 Å². The topological polar surface area (TPSA) is 82.3 Å². The van der Waals surface area contributed by atoms with Crippen LogP contribution in [-0.4, -0.2) is 15.9 Å². The summed E-state index contributed by atoms with van der Waals surface area (Å²) in [7, 11) is 0. The lowest BCUT2D eigenvalue weighted by Gasteiger charge is -2.06. The number of thiazole rings is 1. The number of nitro groups is 1. The molecular formula is C18H13FN2O4S. The average molecular weight is 372 g/mol. The van der Waals surface area contributed by atoms with Crippen LogP contribution in [0.3, 0.4) is 0 Å². The Kier molecular flexibility index (Phi) is 5.04. The highest BCUT2D eigenvalue weighted by molar-refractivity contribution is 7.13. The predicted octanol–water partition coefficient (Wildman–Crippen LogP) is 4.52. The van der Waals surface area contributed by atoms with Gasteiger partial charge in [0.15, 0.2) is 0 Å². The second-order valence-electron chi connectivity index (χ2n) is 5.45. The predicted molar refractivity (Wildman–Crippen MR) is 94.5 cm³/mol. The fourth-order valence-corrected chi connectivity index (χ4v) is 3.19. The summed E-state index contributed by atoms with van der Waals surface area (Å²) in [5, 5.41) is 13.5. The Balaban J connectivity index is 1.73. The van der Waals surface area contributed by atoms with Crippen LogP contribution >= 0.6 is 11.3 Å². The summed E-state index contributed by atoms with van der Waals surface area (Å²) >= 11 is 1.33. The van der Waals surface area contributed by atoms with Crippen LogP contribution in [0.1, 0.15) is 21.6 Å². The molecule has 26 heavy (non-hydrogen) atoms. The Labute approximate surface area is 152 Å². The smallest absolute Gasteiger partial charge is 0.345 e. The molecule has 132 valence electrons. The number of nitrogens with zero attached hydrogens (tertiary/aromatic N) is 2. The molecule has 3 aromatic rings. The van der Waals surface area contributed by atoms with E-state index in [1.54, 1.807) is 30.5 Å². The van der Waals surface area contributed by atoms with E-state index in [-0.39, 0.29) is 23.7 Å². The van der Waals surface area contributed by atoms with Gasteiger partial charge in [-0.3, -0.25) is 10.1 Å². The second-order valence-corrected chi connectivity index (χ2v) is 6.31. The van der Waals surface area contributed by atoms with Crippen molar-refractivity contribution in [3.8, 4) is 10.6 Å². The maximum atomic E-state index is 13.0. The number of aromatic nitrogens is 1. The number of carbonyl (C=O) groups excluding carboxylic acids is 1. The maximum Gasteiger partial charge on any atom is 0.345 e. The van der Waals surface area contributed by atoms with E-state index < -0.39 is 10.9 Å². The van der Waals surface area contributed by atoms with Crippen LogP contribution in [0.25, 0.3) is 10.6 Å². The third-order valence-electron chi connectivity index (χ3n) is 3.65. The number of esters is 1. The number of carbonyl (C=O) groups is 1. The molecule has 0 bridgehead atoms. The summed E-state index contributed by atoms with van der Waals surface area (Å²) in [4.78, 5) is 27.1. The van der Waals surface area contributed by atoms with Crippen molar-refractivity contribution in [3.63, 3.8) is 0 Å². The average Bonchev–Trinajstić information content (AvgIpc) is 3.09. The number of halogens is 1. The third kappa shape index (κ3) is 3.75. The van der Waals surface area contributed by atoms with Crippen molar-refractivity contribution in [1.29, 1.82) is 0 Å². The molecule has 0 fully saturated rings. The molecule has 0 unspecified atom stereocenters. The van der Waals surface area contributed by atoms with Gasteiger partial charge < -0.3 is 4.74 Å². The van der Waals surface area contributed by atoms with Crippen LogP contribution < -0.4 is 0 Å². The molecule has 0 N–H and O–H groups in total. The molecule has 0 aliphatic rings. The van der Waals surface area contributed by atoms with Gasteiger partial charge in [0.05, 0.1) is 10.6 Å². The molecule has 8 heteroatoms. The molecule has 3 rings (SSSR count). The lowest BCUT2D eigenvalue weighted by Crippen LogP contribution is -2.10. The van der Waals surface area contributed by atoms with E-state index in [2.05, 4.69) is 4.98 Å². The Morgan fingerprint density at radius 2 is 2.00 bits per heavy atom. The van der Waals surface area contributed by atoms with Crippen molar-refractivity contribution < 1.29 is 18.8 Å². The Hall–Kier alpha value is -3.13. The highest BCUT2D eigenvalue weighted by Crippen LogP contribution is 2.26. The minimum atomic E-state index is -0.772. The summed E-state index contributed by atoms with van der Waals surface area (Å²) in [6.07, 6.45) is 0. The second kappa shape index (κ2) is 7.40. The molecule has 0 saturated carbocycles. The molecule has 0 radical (unpaired) electrons. The van der Waals surface area contributed by atoms with Crippen molar-refractivity contribution in [3.05, 3.63) is 80.6 Å². The number of hydrogen-bond acceptors (Lipinski definition) is 6. The quantitative estimate of drug-likeness (QED) is 0.373. The Morgan fingerprint density at radius 3 is 2.69 bits per heavy atom. The fourth-order valence-electron chi connectivity index (χ4n) is 2.38. The van der Waals surface area contributed by atoms with Crippen LogP contribution in [0.15, 0.2) is 47.8 Å². The normalized spacial score (nSPS) is 10.5. The van der Waals surface area contributed by atoms with E-state index in [9.17, 15) is 19.3 Å². The first-order valence-corrected chi connectivity index (χ1v) is 8.45. The van der Waals surface area contributed by atoms with E-state index in [0.717, 1.165) is 5.56 Å². The number of rotatable bonds is 5. The van der Waals surface area contributed by atoms with Crippen LogP contribution in [0.4, 0.5) is 10.1 Å². The standard InChI is InChI=1S/C18H13FN2O4S/c1-11-3-2-4-15(21(23)24)16(11)18(22)25-9-14-10-26-17(20-14)12-5-7-13(19)8-6-12/h2-8,10H,9H2,1H3. The first-order valence-electron chi connectivity index (χ1n) is 7.57. The molecule has 0 spiro atoms. The van der Waals surface area contributed by atoms with Gasteiger partial charge in [0.2, 0.25) is 0 Å². The largest absolute Gasteiger partial charge is 0.455 e. The summed E-state index contributed by atoms with van der Waals surface area (Å²) < 4.78 is 18.2. The number of hydrogen-bond donors (Lipinski definition) is 0. The van der Waals surface area contributed by atoms with Crippen molar-refractivity contribution in [2.75, 3.05) is 0 Å². The van der Waals surface area contributed by atoms with Gasteiger partial charge in [-0.25, -0.2) is 14.2 Å². The van der Waals surface area contributed by atoms with Gasteiger partial charge in [0.1, 0.15) is 23.0 Å². The minimum Gasteiger partial charge on any atom is -0.455 e. The number of benzene rings is 2. The van der Waals surface area contributed by atoms with Crippen molar-refractivity contribution in [2.24, 2.45) is 0 Å². The summed E-state index contributed by atoms with van der Waals surface area (Å²) in [6.45, 7) is 1.50. The highest BCUT2D eigenvalue weighted by Gasteiger charge is 2.23. The first-order chi connectivity index (χ1) is 12.5. The molecule has 0 saturated heterocycles. The van der Waals surface area contributed by atoms with Crippen molar-refractivity contribution in [2.45, 2.75) is 13.5 Å². The van der Waals surface area contributed by atoms with Gasteiger partial charge in [-0.2, -0.15) is 0 Å². The van der Waals surface area contributed by atoms with Gasteiger partial charge >= 0.3 is 5.97 Å². The summed E-state index contributed by atoms with van der Waals surface area (Å²) in [6, 6.07) is 10.3. The summed E-state index contributed by atoms with van der Waals surface area (Å²) in [5.41, 5.74) is 1.38. The minimum absolute atomic E-state index is 0.0634. The molecule has 6 nitrogen and oxygen atoms in total. The molecule has 0 atom stereocenters. The Morgan fingerprint density at radius 1 is 1.27 bits per heavy atom. The number of nitro benzene ring substituents is 1. The fraction of sp³-hybridized carbons (Fsp3) is 0.111. The van der Waals surface area contributed by atoms with Gasteiger partial charge in [0.25, 0.3) is 5.69 Å². The van der Waals surface area contributed by atoms with Crippen LogP contribution in [0.2, 0.25) is 0 Å². The zero-order valence-corrected chi connectivity index (χ0v) is 14.5. The van der Waals surface area contributed by atoms with Crippen LogP contribution in [0, 0.1) is 22.9 Å². The third-order valence-corrected chi connectivity index (χ3v) is 4.59. The lowest BCUT2D eigenvalue weighted by atomic mass is 10.1. The van der Waals surface area contributed by atoms with Gasteiger partial charge in [-0.1, -0.05) is 12.1 Å². The maximum absolute atomic E-state index is 13.0. The number of ether oxygens (including phenoxy) is 1. The SMILES string of the molecule is Cc1cccc([N+](=O)[O-])c1C(=O)OCc1csc(-c2ccc(F)cc2)n1. The molecule has 0 aliphatic carbocycles. The highest BCUT2D eigenvalue weighted by atomic mass is 32.1. The van der Waals surface area contributed by atoms with Crippen LogP contribution in [0.5, 0.6) is 0 Å². The van der Waals surface area contributed by atoms with Crippen LogP contribution in [-0.2, 0) is 11.3 Å². The summed E-state index contributed by atoms with van der Waals surface area (Å²) in [5.74, 6) is -1.11. The van der Waals surface area contributed by atoms with Gasteiger partial charge in [-0.15, -0.1) is 11.3 Å². The van der Waals surface area contributed by atoms with E-state index in [0.29, 0.717) is 16.3 Å². The molecule has 0 aliphatic heterocycles. The molecule has 2 aromatic carbocycles. The zero-order chi connectivity index (χ0) is 18.7. The molecular weight excluding hydrogens is 359 g/mol.